The average molecular weight is 381 g/mol. The Hall–Kier alpha value is -0.390. The van der Waals surface area contributed by atoms with Crippen molar-refractivity contribution in [1.82, 2.24) is 0 Å². The molecule has 0 heterocycles. The van der Waals surface area contributed by atoms with Crippen LogP contribution in [0.4, 0.5) is 0 Å². The fraction of sp³-hybridized carbons (Fsp3) is 0.750. The Morgan fingerprint density at radius 3 is 1.27 bits per heavy atom. The molecule has 0 atom stereocenters. The zero-order chi connectivity index (χ0) is 18.2. The molecule has 0 aliphatic rings. The molecule has 0 spiro atoms. The summed E-state index contributed by atoms with van der Waals surface area (Å²) in [5, 5.41) is 1.74. The van der Waals surface area contributed by atoms with E-state index in [1.807, 2.05) is 0 Å². The van der Waals surface area contributed by atoms with Gasteiger partial charge in [-0.1, -0.05) is 77.5 Å². The van der Waals surface area contributed by atoms with Crippen LogP contribution in [-0.2, 0) is 0 Å². The van der Waals surface area contributed by atoms with E-state index in [1.54, 1.807) is 5.30 Å². The molecule has 0 fully saturated rings. The molecule has 1 aromatic carbocycles. The minimum absolute atomic E-state index is 0. The van der Waals surface area contributed by atoms with Crippen molar-refractivity contribution in [3.05, 3.63) is 30.3 Å². The van der Waals surface area contributed by atoms with Gasteiger partial charge in [-0.05, 0) is 50.7 Å². The van der Waals surface area contributed by atoms with Crippen molar-refractivity contribution in [3.63, 3.8) is 0 Å². The quantitative estimate of drug-likeness (QED) is 0.212. The zero-order valence-electron chi connectivity index (χ0n) is 17.9. The molecule has 0 saturated carbocycles. The van der Waals surface area contributed by atoms with Gasteiger partial charge in [-0.15, -0.1) is 0 Å². The van der Waals surface area contributed by atoms with Crippen LogP contribution in [0.25, 0.3) is 0 Å². The Bertz CT molecular complexity index is 373. The largest absolute Gasteiger partial charge is 0.870 e. The molecule has 1 nitrogen and oxygen atoms in total. The van der Waals surface area contributed by atoms with Gasteiger partial charge in [-0.3, -0.25) is 0 Å². The maximum Gasteiger partial charge on any atom is 0.0939 e. The molecule has 0 aromatic heterocycles. The molecular formula is C24H45OP. The van der Waals surface area contributed by atoms with Crippen LogP contribution >= 0.6 is 7.26 Å². The smallest absolute Gasteiger partial charge is 0.0939 e. The fourth-order valence-electron chi connectivity index (χ4n) is 3.99. The standard InChI is InChI=1S/C24H44P.H2O/c1-4-7-10-16-21-25(22-17-11-8-5-2,23-18-12-9-6-3)24-19-14-13-15-20-24;/h13-15,19-20H,4-12,16-18,21-23H2,1-3H3;1H2/q+1;/p-1. The van der Waals surface area contributed by atoms with E-state index in [0.717, 1.165) is 0 Å². The van der Waals surface area contributed by atoms with Gasteiger partial charge in [0.2, 0.25) is 0 Å². The Labute approximate surface area is 165 Å². The first-order valence-corrected chi connectivity index (χ1v) is 13.5. The lowest BCUT2D eigenvalue weighted by molar-refractivity contribution is 0.685. The monoisotopic (exact) mass is 380 g/mol. The van der Waals surface area contributed by atoms with Gasteiger partial charge in [0.05, 0.1) is 23.8 Å². The van der Waals surface area contributed by atoms with Gasteiger partial charge in [-0.2, -0.15) is 0 Å². The second-order valence-corrected chi connectivity index (χ2v) is 12.0. The van der Waals surface area contributed by atoms with Crippen molar-refractivity contribution in [1.29, 1.82) is 0 Å². The summed E-state index contributed by atoms with van der Waals surface area (Å²) in [5.74, 6) is 0. The molecule has 1 aromatic rings. The van der Waals surface area contributed by atoms with Crippen LogP contribution in [0.1, 0.15) is 97.8 Å². The van der Waals surface area contributed by atoms with Crippen LogP contribution in [0, 0.1) is 0 Å². The minimum atomic E-state index is -0.969. The third-order valence-electron chi connectivity index (χ3n) is 5.62. The molecule has 0 bridgehead atoms. The third-order valence-corrected chi connectivity index (χ3v) is 10.5. The van der Waals surface area contributed by atoms with Gasteiger partial charge in [0.15, 0.2) is 0 Å². The maximum atomic E-state index is 2.47. The summed E-state index contributed by atoms with van der Waals surface area (Å²) < 4.78 is 0. The Kier molecular flexibility index (Phi) is 16.5. The van der Waals surface area contributed by atoms with E-state index in [9.17, 15) is 0 Å². The molecule has 2 heteroatoms. The van der Waals surface area contributed by atoms with Crippen LogP contribution in [0.3, 0.4) is 0 Å². The lowest BCUT2D eigenvalue weighted by Gasteiger charge is -2.28. The highest BCUT2D eigenvalue weighted by Crippen LogP contribution is 2.59. The van der Waals surface area contributed by atoms with Crippen molar-refractivity contribution in [2.75, 3.05) is 18.5 Å². The van der Waals surface area contributed by atoms with Crippen molar-refractivity contribution in [3.8, 4) is 0 Å². The summed E-state index contributed by atoms with van der Waals surface area (Å²) in [6.07, 6.45) is 21.5. The van der Waals surface area contributed by atoms with Crippen molar-refractivity contribution >= 4 is 12.6 Å². The second kappa shape index (κ2) is 16.8. The van der Waals surface area contributed by atoms with Gasteiger partial charge in [0.25, 0.3) is 0 Å². The molecular weight excluding hydrogens is 335 g/mol. The highest BCUT2D eigenvalue weighted by molar-refractivity contribution is 7.82. The molecule has 0 amide bonds. The van der Waals surface area contributed by atoms with Crippen molar-refractivity contribution < 1.29 is 5.48 Å². The number of hydrogen-bond donors (Lipinski definition) is 0. The van der Waals surface area contributed by atoms with Crippen LogP contribution in [0.15, 0.2) is 30.3 Å². The van der Waals surface area contributed by atoms with Gasteiger partial charge in [0, 0.05) is 7.26 Å². The van der Waals surface area contributed by atoms with Crippen LogP contribution < -0.4 is 5.30 Å². The summed E-state index contributed by atoms with van der Waals surface area (Å²) in [5.41, 5.74) is 0. The maximum absolute atomic E-state index is 2.47. The normalized spacial score (nSPS) is 11.3. The first kappa shape index (κ1) is 25.6. The number of rotatable bonds is 16. The van der Waals surface area contributed by atoms with E-state index in [0.29, 0.717) is 0 Å². The van der Waals surface area contributed by atoms with Crippen molar-refractivity contribution in [2.45, 2.75) is 97.8 Å². The molecule has 1 rings (SSSR count). The van der Waals surface area contributed by atoms with Crippen LogP contribution in [0.2, 0.25) is 0 Å². The van der Waals surface area contributed by atoms with Gasteiger partial charge in [-0.25, -0.2) is 0 Å². The van der Waals surface area contributed by atoms with Gasteiger partial charge in [0.1, 0.15) is 0 Å². The van der Waals surface area contributed by atoms with E-state index in [1.165, 1.54) is 95.5 Å². The van der Waals surface area contributed by atoms with E-state index in [-0.39, 0.29) is 5.48 Å². The summed E-state index contributed by atoms with van der Waals surface area (Å²) in [6.45, 7) is 6.99. The average Bonchev–Trinajstić information content (AvgIpc) is 2.66. The second-order valence-electron chi connectivity index (χ2n) is 7.83. The first-order chi connectivity index (χ1) is 12.3. The predicted molar refractivity (Wildman–Crippen MR) is 122 cm³/mol. The van der Waals surface area contributed by atoms with Crippen molar-refractivity contribution in [2.24, 2.45) is 0 Å². The molecule has 26 heavy (non-hydrogen) atoms. The van der Waals surface area contributed by atoms with E-state index in [2.05, 4.69) is 51.1 Å². The highest BCUT2D eigenvalue weighted by atomic mass is 31.2. The molecule has 0 unspecified atom stereocenters. The van der Waals surface area contributed by atoms with E-state index < -0.39 is 7.26 Å². The lowest BCUT2D eigenvalue weighted by atomic mass is 10.2. The molecule has 152 valence electrons. The van der Waals surface area contributed by atoms with Crippen LogP contribution in [-0.4, -0.2) is 24.0 Å². The van der Waals surface area contributed by atoms with Crippen LogP contribution in [0.5, 0.6) is 0 Å². The molecule has 1 N–H and O–H groups in total. The summed E-state index contributed by atoms with van der Waals surface area (Å²) in [6, 6.07) is 11.7. The first-order valence-electron chi connectivity index (χ1n) is 11.2. The van der Waals surface area contributed by atoms with E-state index in [4.69, 9.17) is 0 Å². The SMILES string of the molecule is CCCCCC[P+](CCCCCC)(CCCCCC)c1ccccc1.[OH-]. The number of benzene rings is 1. The van der Waals surface area contributed by atoms with E-state index >= 15 is 0 Å². The zero-order valence-corrected chi connectivity index (χ0v) is 18.8. The molecule has 0 saturated heterocycles. The summed E-state index contributed by atoms with van der Waals surface area (Å²) in [7, 11) is -0.969. The Morgan fingerprint density at radius 2 is 0.923 bits per heavy atom. The Balaban J connectivity index is 0.00000625. The predicted octanol–water partition coefficient (Wildman–Crippen LogP) is 7.89. The molecule has 0 aliphatic carbocycles. The number of unbranched alkanes of at least 4 members (excludes halogenated alkanes) is 9. The topological polar surface area (TPSA) is 30.0 Å². The lowest BCUT2D eigenvalue weighted by Crippen LogP contribution is -2.21. The summed E-state index contributed by atoms with van der Waals surface area (Å²) in [4.78, 5) is 0. The minimum Gasteiger partial charge on any atom is -0.870 e. The third kappa shape index (κ3) is 10.1. The Morgan fingerprint density at radius 1 is 0.538 bits per heavy atom. The fourth-order valence-corrected chi connectivity index (χ4v) is 8.73. The molecule has 0 radical (unpaired) electrons. The summed E-state index contributed by atoms with van der Waals surface area (Å²) >= 11 is 0. The molecule has 0 aliphatic heterocycles. The van der Waals surface area contributed by atoms with Gasteiger partial charge >= 0.3 is 0 Å². The van der Waals surface area contributed by atoms with Gasteiger partial charge < -0.3 is 5.48 Å². The number of hydrogen-bond acceptors (Lipinski definition) is 1. The highest BCUT2D eigenvalue weighted by Gasteiger charge is 2.38.